The normalized spacial score (nSPS) is 11.0. The van der Waals surface area contributed by atoms with Gasteiger partial charge in [-0.2, -0.15) is 0 Å². The number of aryl methyl sites for hydroxylation is 1. The maximum Gasteiger partial charge on any atom is 0.412 e. The molecule has 2 rings (SSSR count). The van der Waals surface area contributed by atoms with Crippen molar-refractivity contribution in [3.05, 3.63) is 59.1 Å². The van der Waals surface area contributed by atoms with Gasteiger partial charge in [-0.1, -0.05) is 29.3 Å². The second kappa shape index (κ2) is 7.48. The second-order valence-corrected chi connectivity index (χ2v) is 7.45. The minimum atomic E-state index is -3.44. The monoisotopic (exact) mass is 353 g/mol. The van der Waals surface area contributed by atoms with E-state index < -0.39 is 15.9 Å². The van der Waals surface area contributed by atoms with Crippen LogP contribution in [0.3, 0.4) is 0 Å². The van der Waals surface area contributed by atoms with Crippen LogP contribution in [0.1, 0.15) is 5.56 Å². The fraction of sp³-hybridized carbons (Fsp3) is 0.188. The number of amides is 1. The molecule has 2 aromatic rings. The summed E-state index contributed by atoms with van der Waals surface area (Å²) < 4.78 is 29.2. The summed E-state index contributed by atoms with van der Waals surface area (Å²) >= 11 is 5.73. The summed E-state index contributed by atoms with van der Waals surface area (Å²) in [6.07, 6.45) is -0.716. The molecule has 0 atom stereocenters. The van der Waals surface area contributed by atoms with Gasteiger partial charge in [-0.15, -0.1) is 0 Å². The molecule has 0 spiro atoms. The largest absolute Gasteiger partial charge is 0.412 e. The number of halogens is 1. The molecule has 122 valence electrons. The average Bonchev–Trinajstić information content (AvgIpc) is 2.50. The van der Waals surface area contributed by atoms with Gasteiger partial charge in [0.2, 0.25) is 0 Å². The number of nitrogens with one attached hydrogen (secondary N) is 1. The number of sulfone groups is 1. The first-order valence-electron chi connectivity index (χ1n) is 6.87. The number of benzene rings is 2. The molecule has 0 saturated carbocycles. The van der Waals surface area contributed by atoms with E-state index in [0.29, 0.717) is 10.8 Å². The number of carbonyl (C=O) groups is 1. The van der Waals surface area contributed by atoms with E-state index in [4.69, 9.17) is 16.3 Å². The topological polar surface area (TPSA) is 72.5 Å². The van der Waals surface area contributed by atoms with Crippen LogP contribution in [0.25, 0.3) is 0 Å². The van der Waals surface area contributed by atoms with Crippen molar-refractivity contribution in [2.45, 2.75) is 11.8 Å². The zero-order chi connectivity index (χ0) is 16.9. The zero-order valence-corrected chi connectivity index (χ0v) is 14.0. The minimum Gasteiger partial charge on any atom is -0.410 e. The molecule has 2 aromatic carbocycles. The molecule has 0 aliphatic rings. The van der Waals surface area contributed by atoms with Gasteiger partial charge in [0.05, 0.1) is 10.6 Å². The Hall–Kier alpha value is -2.05. The molecule has 5 nitrogen and oxygen atoms in total. The first kappa shape index (κ1) is 17.3. The molecule has 0 aromatic heterocycles. The summed E-state index contributed by atoms with van der Waals surface area (Å²) in [5, 5.41) is 2.94. The molecule has 1 N–H and O–H groups in total. The Morgan fingerprint density at radius 1 is 1.09 bits per heavy atom. The van der Waals surface area contributed by atoms with Crippen LogP contribution in [0.5, 0.6) is 5.75 Å². The maximum absolute atomic E-state index is 12.1. The van der Waals surface area contributed by atoms with E-state index in [-0.39, 0.29) is 17.2 Å². The Bertz CT molecular complexity index is 771. The maximum atomic E-state index is 12.1. The third-order valence-corrected chi connectivity index (χ3v) is 5.03. The molecular formula is C16H16ClNO4S. The lowest BCUT2D eigenvalue weighted by atomic mass is 10.2. The van der Waals surface area contributed by atoms with Gasteiger partial charge in [-0.3, -0.25) is 0 Å². The first-order valence-corrected chi connectivity index (χ1v) is 8.90. The smallest absolute Gasteiger partial charge is 0.410 e. The van der Waals surface area contributed by atoms with Crippen LogP contribution < -0.4 is 10.1 Å². The van der Waals surface area contributed by atoms with Gasteiger partial charge in [0, 0.05) is 11.6 Å². The molecular weight excluding hydrogens is 338 g/mol. The Morgan fingerprint density at radius 3 is 2.30 bits per heavy atom. The van der Waals surface area contributed by atoms with Gasteiger partial charge in [0.15, 0.2) is 9.84 Å². The summed E-state index contributed by atoms with van der Waals surface area (Å²) in [5.41, 5.74) is 0.980. The van der Waals surface area contributed by atoms with Crippen LogP contribution >= 0.6 is 11.6 Å². The predicted molar refractivity (Wildman–Crippen MR) is 88.7 cm³/mol. The quantitative estimate of drug-likeness (QED) is 0.895. The molecule has 0 heterocycles. The summed E-state index contributed by atoms with van der Waals surface area (Å²) in [6, 6.07) is 12.8. The number of ether oxygens (including phenoxy) is 1. The number of hydrogen-bond donors (Lipinski definition) is 1. The Kier molecular flexibility index (Phi) is 5.63. The van der Waals surface area contributed by atoms with Crippen molar-refractivity contribution in [1.82, 2.24) is 5.32 Å². The Balaban J connectivity index is 1.85. The molecule has 7 heteroatoms. The van der Waals surface area contributed by atoms with Crippen molar-refractivity contribution in [2.75, 3.05) is 12.3 Å². The molecule has 0 fully saturated rings. The second-order valence-electron chi connectivity index (χ2n) is 4.90. The average molecular weight is 354 g/mol. The van der Waals surface area contributed by atoms with E-state index in [1.54, 1.807) is 48.5 Å². The summed E-state index contributed by atoms with van der Waals surface area (Å²) in [6.45, 7) is 1.84. The molecule has 0 radical (unpaired) electrons. The van der Waals surface area contributed by atoms with Gasteiger partial charge in [-0.25, -0.2) is 13.2 Å². The lowest BCUT2D eigenvalue weighted by Gasteiger charge is -2.08. The molecule has 0 bridgehead atoms. The number of carbonyl (C=O) groups excluding carboxylic acids is 1. The van der Waals surface area contributed by atoms with Gasteiger partial charge >= 0.3 is 6.09 Å². The summed E-state index contributed by atoms with van der Waals surface area (Å²) in [4.78, 5) is 11.8. The SMILES string of the molecule is Cc1ccc(S(=O)(=O)CCNC(=O)Oc2ccc(Cl)cc2)cc1. The van der Waals surface area contributed by atoms with Crippen LogP contribution in [0.4, 0.5) is 4.79 Å². The van der Waals surface area contributed by atoms with Crippen LogP contribution in [-0.4, -0.2) is 26.8 Å². The van der Waals surface area contributed by atoms with Crippen molar-refractivity contribution < 1.29 is 17.9 Å². The zero-order valence-electron chi connectivity index (χ0n) is 12.5. The third-order valence-electron chi connectivity index (χ3n) is 3.04. The Morgan fingerprint density at radius 2 is 1.70 bits per heavy atom. The van der Waals surface area contributed by atoms with E-state index >= 15 is 0 Å². The van der Waals surface area contributed by atoms with Crippen molar-refractivity contribution in [2.24, 2.45) is 0 Å². The van der Waals surface area contributed by atoms with Crippen molar-refractivity contribution >= 4 is 27.5 Å². The molecule has 1 amide bonds. The number of hydrogen-bond acceptors (Lipinski definition) is 4. The van der Waals surface area contributed by atoms with Crippen molar-refractivity contribution in [1.29, 1.82) is 0 Å². The van der Waals surface area contributed by atoms with E-state index in [1.807, 2.05) is 6.92 Å². The highest BCUT2D eigenvalue weighted by Crippen LogP contribution is 2.15. The van der Waals surface area contributed by atoms with Gasteiger partial charge in [0.1, 0.15) is 5.75 Å². The van der Waals surface area contributed by atoms with E-state index in [0.717, 1.165) is 5.56 Å². The van der Waals surface area contributed by atoms with Crippen LogP contribution in [-0.2, 0) is 9.84 Å². The highest BCUT2D eigenvalue weighted by molar-refractivity contribution is 7.91. The summed E-state index contributed by atoms with van der Waals surface area (Å²) in [7, 11) is -3.44. The van der Waals surface area contributed by atoms with Gasteiger partial charge < -0.3 is 10.1 Å². The molecule has 0 aliphatic carbocycles. The lowest BCUT2D eigenvalue weighted by Crippen LogP contribution is -2.31. The summed E-state index contributed by atoms with van der Waals surface area (Å²) in [5.74, 6) is 0.125. The predicted octanol–water partition coefficient (Wildman–Crippen LogP) is 3.21. The van der Waals surface area contributed by atoms with E-state index in [2.05, 4.69) is 5.32 Å². The van der Waals surface area contributed by atoms with Crippen molar-refractivity contribution in [3.63, 3.8) is 0 Å². The highest BCUT2D eigenvalue weighted by Gasteiger charge is 2.14. The van der Waals surface area contributed by atoms with E-state index in [1.165, 1.54) is 0 Å². The fourth-order valence-corrected chi connectivity index (χ4v) is 3.08. The molecule has 23 heavy (non-hydrogen) atoms. The van der Waals surface area contributed by atoms with Crippen molar-refractivity contribution in [3.8, 4) is 5.75 Å². The standard InChI is InChI=1S/C16H16ClNO4S/c1-12-2-8-15(9-3-12)23(20,21)11-10-18-16(19)22-14-6-4-13(17)5-7-14/h2-9H,10-11H2,1H3,(H,18,19). The minimum absolute atomic E-state index is 0.0391. The first-order chi connectivity index (χ1) is 10.9. The lowest BCUT2D eigenvalue weighted by molar-refractivity contribution is 0.201. The van der Waals surface area contributed by atoms with Gasteiger partial charge in [0.25, 0.3) is 0 Å². The fourth-order valence-electron chi connectivity index (χ4n) is 1.80. The van der Waals surface area contributed by atoms with Crippen LogP contribution in [0, 0.1) is 6.92 Å². The number of rotatable bonds is 5. The third kappa shape index (κ3) is 5.26. The van der Waals surface area contributed by atoms with Crippen LogP contribution in [0.2, 0.25) is 5.02 Å². The van der Waals surface area contributed by atoms with Crippen LogP contribution in [0.15, 0.2) is 53.4 Å². The highest BCUT2D eigenvalue weighted by atomic mass is 35.5. The van der Waals surface area contributed by atoms with Gasteiger partial charge in [-0.05, 0) is 43.3 Å². The molecule has 0 unspecified atom stereocenters. The molecule has 0 aliphatic heterocycles. The Labute approximate surface area is 140 Å². The van der Waals surface area contributed by atoms with E-state index in [9.17, 15) is 13.2 Å². The molecule has 0 saturated heterocycles.